The molecule has 0 saturated heterocycles. The molecule has 0 saturated carbocycles. The average Bonchev–Trinajstić information content (AvgIpc) is 2.21. The summed E-state index contributed by atoms with van der Waals surface area (Å²) in [5.41, 5.74) is 1.40. The molecule has 0 bridgehead atoms. The summed E-state index contributed by atoms with van der Waals surface area (Å²) in [4.78, 5) is 16.7. The Bertz CT molecular complexity index is 239. The van der Waals surface area contributed by atoms with Gasteiger partial charge in [-0.05, 0) is 18.8 Å². The van der Waals surface area contributed by atoms with Gasteiger partial charge in [-0.2, -0.15) is 5.26 Å². The van der Waals surface area contributed by atoms with Crippen molar-refractivity contribution in [1.82, 2.24) is 5.48 Å². The Hall–Kier alpha value is -1.08. The van der Waals surface area contributed by atoms with E-state index in [0.29, 0.717) is 25.4 Å². The molecule has 0 aromatic rings. The Morgan fingerprint density at radius 2 is 2.00 bits per heavy atom. The monoisotopic (exact) mass is 212 g/mol. The Balaban J connectivity index is 4.23. The first-order valence-corrected chi connectivity index (χ1v) is 5.35. The molecule has 0 aromatic heterocycles. The molecule has 1 N–H and O–H groups in total. The molecule has 0 aliphatic heterocycles. The van der Waals surface area contributed by atoms with Gasteiger partial charge in [-0.25, -0.2) is 5.48 Å². The van der Waals surface area contributed by atoms with Crippen LogP contribution in [0.2, 0.25) is 0 Å². The van der Waals surface area contributed by atoms with E-state index in [1.165, 1.54) is 0 Å². The topological polar surface area (TPSA) is 62.1 Å². The van der Waals surface area contributed by atoms with Crippen molar-refractivity contribution in [2.75, 3.05) is 6.61 Å². The largest absolute Gasteiger partial charge is 0.273 e. The summed E-state index contributed by atoms with van der Waals surface area (Å²) in [5, 5.41) is 8.99. The van der Waals surface area contributed by atoms with Crippen LogP contribution < -0.4 is 5.48 Å². The molecule has 4 nitrogen and oxygen atoms in total. The predicted molar refractivity (Wildman–Crippen MR) is 57.6 cm³/mol. The van der Waals surface area contributed by atoms with Crippen molar-refractivity contribution in [3.8, 4) is 6.07 Å². The quantitative estimate of drug-likeness (QED) is 0.685. The van der Waals surface area contributed by atoms with Gasteiger partial charge in [0.1, 0.15) is 5.41 Å². The van der Waals surface area contributed by atoms with Gasteiger partial charge in [-0.1, -0.05) is 27.7 Å². The zero-order valence-corrected chi connectivity index (χ0v) is 9.96. The lowest BCUT2D eigenvalue weighted by atomic mass is 9.83. The summed E-state index contributed by atoms with van der Waals surface area (Å²) in [5.74, 6) is 0.0145. The maximum atomic E-state index is 11.7. The van der Waals surface area contributed by atoms with Gasteiger partial charge in [-0.15, -0.1) is 0 Å². The molecular formula is C11H20N2O2. The van der Waals surface area contributed by atoms with Crippen molar-refractivity contribution >= 4 is 5.91 Å². The van der Waals surface area contributed by atoms with Crippen LogP contribution in [0.25, 0.3) is 0 Å². The van der Waals surface area contributed by atoms with E-state index < -0.39 is 5.41 Å². The number of carbonyl (C=O) groups is 1. The van der Waals surface area contributed by atoms with Gasteiger partial charge in [-0.3, -0.25) is 9.63 Å². The Morgan fingerprint density at radius 3 is 2.33 bits per heavy atom. The van der Waals surface area contributed by atoms with Gasteiger partial charge >= 0.3 is 0 Å². The van der Waals surface area contributed by atoms with E-state index in [9.17, 15) is 4.79 Å². The zero-order valence-electron chi connectivity index (χ0n) is 9.96. The van der Waals surface area contributed by atoms with Crippen LogP contribution in [0, 0.1) is 22.7 Å². The number of rotatable bonds is 6. The number of amides is 1. The van der Waals surface area contributed by atoms with Crippen molar-refractivity contribution in [3.05, 3.63) is 0 Å². The highest BCUT2D eigenvalue weighted by molar-refractivity contribution is 5.84. The molecule has 86 valence electrons. The first-order chi connectivity index (χ1) is 7.02. The first-order valence-electron chi connectivity index (χ1n) is 5.35. The van der Waals surface area contributed by atoms with Crippen LogP contribution in [0.5, 0.6) is 0 Å². The highest BCUT2D eigenvalue weighted by Gasteiger charge is 2.35. The summed E-state index contributed by atoms with van der Waals surface area (Å²) in [6.45, 7) is 8.09. The molecule has 0 unspecified atom stereocenters. The number of nitrogens with one attached hydrogen (secondary N) is 1. The number of hydrogen-bond acceptors (Lipinski definition) is 3. The number of hydrogen-bond donors (Lipinski definition) is 1. The SMILES string of the molecule is CCC(C#N)(CC)C(=O)NOCC(C)C. The van der Waals surface area contributed by atoms with E-state index in [1.54, 1.807) is 0 Å². The van der Waals surface area contributed by atoms with Crippen LogP contribution in [-0.4, -0.2) is 12.5 Å². The summed E-state index contributed by atoms with van der Waals surface area (Å²) in [6, 6.07) is 2.06. The summed E-state index contributed by atoms with van der Waals surface area (Å²) < 4.78 is 0. The number of carbonyl (C=O) groups excluding carboxylic acids is 1. The highest BCUT2D eigenvalue weighted by Crippen LogP contribution is 2.25. The average molecular weight is 212 g/mol. The Labute approximate surface area is 91.6 Å². The maximum Gasteiger partial charge on any atom is 0.263 e. The summed E-state index contributed by atoms with van der Waals surface area (Å²) >= 11 is 0. The molecule has 0 rings (SSSR count). The molecule has 0 atom stereocenters. The first kappa shape index (κ1) is 13.9. The fraction of sp³-hybridized carbons (Fsp3) is 0.818. The molecule has 0 aliphatic rings. The minimum absolute atomic E-state index is 0.337. The molecule has 15 heavy (non-hydrogen) atoms. The van der Waals surface area contributed by atoms with Crippen molar-refractivity contribution in [2.45, 2.75) is 40.5 Å². The minimum Gasteiger partial charge on any atom is -0.273 e. The molecule has 0 spiro atoms. The van der Waals surface area contributed by atoms with Crippen molar-refractivity contribution in [2.24, 2.45) is 11.3 Å². The van der Waals surface area contributed by atoms with E-state index in [0.717, 1.165) is 0 Å². The van der Waals surface area contributed by atoms with Gasteiger partial charge < -0.3 is 0 Å². The predicted octanol–water partition coefficient (Wildman–Crippen LogP) is 2.02. The van der Waals surface area contributed by atoms with Crippen LogP contribution in [0.15, 0.2) is 0 Å². The standard InChI is InChI=1S/C11H20N2O2/c1-5-11(6-2,8-12)10(14)13-15-7-9(3)4/h9H,5-7H2,1-4H3,(H,13,14). The van der Waals surface area contributed by atoms with Crippen molar-refractivity contribution in [3.63, 3.8) is 0 Å². The van der Waals surface area contributed by atoms with E-state index >= 15 is 0 Å². The third-order valence-corrected chi connectivity index (χ3v) is 2.44. The highest BCUT2D eigenvalue weighted by atomic mass is 16.7. The van der Waals surface area contributed by atoms with Crippen LogP contribution in [0.4, 0.5) is 0 Å². The fourth-order valence-electron chi connectivity index (χ4n) is 1.15. The lowest BCUT2D eigenvalue weighted by Crippen LogP contribution is -2.39. The maximum absolute atomic E-state index is 11.7. The van der Waals surface area contributed by atoms with E-state index in [2.05, 4.69) is 11.5 Å². The van der Waals surface area contributed by atoms with E-state index in [1.807, 2.05) is 27.7 Å². The molecule has 0 fully saturated rings. The smallest absolute Gasteiger partial charge is 0.263 e. The second kappa shape index (κ2) is 6.41. The van der Waals surface area contributed by atoms with E-state index in [-0.39, 0.29) is 5.91 Å². The van der Waals surface area contributed by atoms with Crippen LogP contribution in [-0.2, 0) is 9.63 Å². The second-order valence-electron chi connectivity index (χ2n) is 4.04. The zero-order chi connectivity index (χ0) is 11.9. The van der Waals surface area contributed by atoms with Crippen LogP contribution in [0.3, 0.4) is 0 Å². The lowest BCUT2D eigenvalue weighted by Gasteiger charge is -2.21. The molecule has 0 aliphatic carbocycles. The molecular weight excluding hydrogens is 192 g/mol. The van der Waals surface area contributed by atoms with Gasteiger partial charge in [0, 0.05) is 0 Å². The molecule has 0 radical (unpaired) electrons. The molecule has 0 heterocycles. The third kappa shape index (κ3) is 3.88. The fourth-order valence-corrected chi connectivity index (χ4v) is 1.15. The van der Waals surface area contributed by atoms with Crippen molar-refractivity contribution < 1.29 is 9.63 Å². The molecule has 1 amide bonds. The van der Waals surface area contributed by atoms with E-state index in [4.69, 9.17) is 10.1 Å². The van der Waals surface area contributed by atoms with Gasteiger partial charge in [0.25, 0.3) is 5.91 Å². The van der Waals surface area contributed by atoms with Gasteiger partial charge in [0.05, 0.1) is 12.7 Å². The van der Waals surface area contributed by atoms with Crippen molar-refractivity contribution in [1.29, 1.82) is 5.26 Å². The molecule has 0 aromatic carbocycles. The third-order valence-electron chi connectivity index (χ3n) is 2.44. The summed E-state index contributed by atoms with van der Waals surface area (Å²) in [6.07, 6.45) is 0.994. The Kier molecular flexibility index (Phi) is 5.95. The van der Waals surface area contributed by atoms with Crippen LogP contribution in [0.1, 0.15) is 40.5 Å². The summed E-state index contributed by atoms with van der Waals surface area (Å²) in [7, 11) is 0. The lowest BCUT2D eigenvalue weighted by molar-refractivity contribution is -0.142. The number of nitrogens with zero attached hydrogens (tertiary/aromatic N) is 1. The normalized spacial score (nSPS) is 11.2. The number of hydroxylamine groups is 1. The van der Waals surface area contributed by atoms with Crippen LogP contribution >= 0.6 is 0 Å². The Morgan fingerprint density at radius 1 is 1.47 bits per heavy atom. The minimum atomic E-state index is -0.947. The van der Waals surface area contributed by atoms with Gasteiger partial charge in [0.15, 0.2) is 0 Å². The molecule has 4 heteroatoms. The van der Waals surface area contributed by atoms with Gasteiger partial charge in [0.2, 0.25) is 0 Å². The number of nitriles is 1. The second-order valence-corrected chi connectivity index (χ2v) is 4.04.